The third-order valence-corrected chi connectivity index (χ3v) is 5.51. The number of carboxylic acids is 1. The van der Waals surface area contributed by atoms with Crippen molar-refractivity contribution in [3.63, 3.8) is 0 Å². The average Bonchev–Trinajstić information content (AvgIpc) is 3.01. The number of hydrogen-bond acceptors (Lipinski definition) is 2. The predicted octanol–water partition coefficient (Wildman–Crippen LogP) is 4.05. The van der Waals surface area contributed by atoms with Crippen LogP contribution in [0.5, 0.6) is 0 Å². The van der Waals surface area contributed by atoms with E-state index in [2.05, 4.69) is 19.1 Å². The van der Waals surface area contributed by atoms with E-state index in [0.717, 1.165) is 12.8 Å². The molecule has 1 spiro atoms. The monoisotopic (exact) mass is 324 g/mol. The first-order valence-electron chi connectivity index (χ1n) is 8.45. The van der Waals surface area contributed by atoms with Gasteiger partial charge in [0.15, 0.2) is 0 Å². The number of carboxylic acid groups (broad SMARTS) is 1. The Hall–Kier alpha value is -2.13. The number of methoxy groups -OCH3 is 1. The van der Waals surface area contributed by atoms with Gasteiger partial charge in [0.05, 0.1) is 12.5 Å². The number of ether oxygens (including phenoxy) is 1. The van der Waals surface area contributed by atoms with E-state index in [1.54, 1.807) is 7.11 Å². The smallest absolute Gasteiger partial charge is 0.307 e. The molecule has 3 atom stereocenters. The first-order valence-corrected chi connectivity index (χ1v) is 8.45. The summed E-state index contributed by atoms with van der Waals surface area (Å²) < 4.78 is 4.93. The van der Waals surface area contributed by atoms with Crippen LogP contribution >= 0.6 is 0 Å². The summed E-state index contributed by atoms with van der Waals surface area (Å²) in [5.74, 6) is -0.473. The van der Waals surface area contributed by atoms with Crippen molar-refractivity contribution in [2.75, 3.05) is 7.11 Å². The van der Waals surface area contributed by atoms with E-state index < -0.39 is 5.97 Å². The van der Waals surface area contributed by atoms with Crippen molar-refractivity contribution in [3.05, 3.63) is 71.3 Å². The fraction of sp³-hybridized carbons (Fsp3) is 0.381. The lowest BCUT2D eigenvalue weighted by molar-refractivity contribution is -0.139. The highest BCUT2D eigenvalue weighted by molar-refractivity contribution is 5.79. The number of benzene rings is 2. The Balaban J connectivity index is 0.000000162. The summed E-state index contributed by atoms with van der Waals surface area (Å²) in [6.45, 7) is 2.78. The normalized spacial score (nSPS) is 26.4. The molecule has 2 aliphatic carbocycles. The summed E-state index contributed by atoms with van der Waals surface area (Å²) in [5, 5.41) is 9.17. The molecule has 0 aromatic heterocycles. The van der Waals surface area contributed by atoms with Crippen LogP contribution in [0.4, 0.5) is 0 Å². The third-order valence-electron chi connectivity index (χ3n) is 5.51. The molecule has 2 aliphatic rings. The molecule has 3 unspecified atom stereocenters. The minimum Gasteiger partial charge on any atom is -0.481 e. The van der Waals surface area contributed by atoms with Crippen molar-refractivity contribution in [3.8, 4) is 0 Å². The van der Waals surface area contributed by atoms with Gasteiger partial charge in [-0.3, -0.25) is 4.79 Å². The lowest BCUT2D eigenvalue weighted by Gasteiger charge is -2.09. The number of fused-ring (bicyclic) bond motifs is 2. The second-order valence-electron chi connectivity index (χ2n) is 6.72. The quantitative estimate of drug-likeness (QED) is 0.926. The Bertz CT molecular complexity index is 710. The summed E-state index contributed by atoms with van der Waals surface area (Å²) in [5.41, 5.74) is 3.85. The molecule has 0 aliphatic heterocycles. The van der Waals surface area contributed by atoms with Gasteiger partial charge in [-0.15, -0.1) is 0 Å². The molecule has 1 saturated carbocycles. The van der Waals surface area contributed by atoms with Crippen LogP contribution in [0.2, 0.25) is 0 Å². The number of hydrogen-bond donors (Lipinski definition) is 1. The first-order chi connectivity index (χ1) is 11.6. The largest absolute Gasteiger partial charge is 0.481 e. The second-order valence-corrected chi connectivity index (χ2v) is 6.72. The van der Waals surface area contributed by atoms with E-state index in [1.165, 1.54) is 16.7 Å². The van der Waals surface area contributed by atoms with Crippen LogP contribution in [0, 0.1) is 11.8 Å². The molecule has 1 N–H and O–H groups in total. The van der Waals surface area contributed by atoms with Gasteiger partial charge in [0, 0.05) is 12.5 Å². The van der Waals surface area contributed by atoms with Crippen molar-refractivity contribution in [2.24, 2.45) is 11.8 Å². The van der Waals surface area contributed by atoms with E-state index in [1.807, 2.05) is 42.5 Å². The van der Waals surface area contributed by atoms with Gasteiger partial charge < -0.3 is 9.84 Å². The zero-order valence-corrected chi connectivity index (χ0v) is 14.2. The maximum Gasteiger partial charge on any atom is 0.307 e. The van der Waals surface area contributed by atoms with Gasteiger partial charge in [0.25, 0.3) is 0 Å². The van der Waals surface area contributed by atoms with Crippen LogP contribution in [0.25, 0.3) is 0 Å². The number of rotatable bonds is 3. The maximum atomic E-state index is 11.1. The Morgan fingerprint density at radius 1 is 1.17 bits per heavy atom. The fourth-order valence-electron chi connectivity index (χ4n) is 4.27. The van der Waals surface area contributed by atoms with Gasteiger partial charge in [0.1, 0.15) is 0 Å². The van der Waals surface area contributed by atoms with E-state index >= 15 is 0 Å². The molecule has 0 heterocycles. The van der Waals surface area contributed by atoms with Gasteiger partial charge in [-0.05, 0) is 35.4 Å². The van der Waals surface area contributed by atoms with Crippen molar-refractivity contribution in [2.45, 2.75) is 31.8 Å². The summed E-state index contributed by atoms with van der Waals surface area (Å²) in [6.07, 6.45) is 2.06. The average molecular weight is 324 g/mol. The number of aryl methyl sites for hydroxylation is 1. The van der Waals surface area contributed by atoms with Crippen LogP contribution in [0.15, 0.2) is 54.6 Å². The zero-order valence-electron chi connectivity index (χ0n) is 14.2. The lowest BCUT2D eigenvalue weighted by Crippen LogP contribution is -2.11. The SMILES string of the molecule is CC1C(C(=O)O)C12CCc1ccccc12.COCc1ccccc1. The Morgan fingerprint density at radius 3 is 2.46 bits per heavy atom. The summed E-state index contributed by atoms with van der Waals surface area (Å²) >= 11 is 0. The minimum atomic E-state index is -0.626. The third kappa shape index (κ3) is 2.84. The van der Waals surface area contributed by atoms with Crippen molar-refractivity contribution >= 4 is 5.97 Å². The molecule has 3 heteroatoms. The van der Waals surface area contributed by atoms with Crippen molar-refractivity contribution in [1.29, 1.82) is 0 Å². The molecule has 4 rings (SSSR count). The molecule has 0 saturated heterocycles. The molecule has 0 radical (unpaired) electrons. The Kier molecular flexibility index (Phi) is 4.72. The maximum absolute atomic E-state index is 11.1. The predicted molar refractivity (Wildman–Crippen MR) is 93.9 cm³/mol. The topological polar surface area (TPSA) is 46.5 Å². The second kappa shape index (κ2) is 6.78. The minimum absolute atomic E-state index is 0.0254. The summed E-state index contributed by atoms with van der Waals surface area (Å²) in [6, 6.07) is 18.4. The van der Waals surface area contributed by atoms with E-state index in [9.17, 15) is 9.90 Å². The van der Waals surface area contributed by atoms with E-state index in [0.29, 0.717) is 12.5 Å². The van der Waals surface area contributed by atoms with Crippen LogP contribution < -0.4 is 0 Å². The highest BCUT2D eigenvalue weighted by Crippen LogP contribution is 2.65. The van der Waals surface area contributed by atoms with Crippen molar-refractivity contribution in [1.82, 2.24) is 0 Å². The highest BCUT2D eigenvalue weighted by Gasteiger charge is 2.68. The molecule has 0 bridgehead atoms. The molecular formula is C21H24O3. The van der Waals surface area contributed by atoms with Gasteiger partial charge >= 0.3 is 5.97 Å². The molecule has 2 aromatic carbocycles. The standard InChI is InChI=1S/C13H14O2.C8H10O/c1-8-11(12(14)15)13(8)7-6-9-4-2-3-5-10(9)13;1-9-7-8-5-3-2-4-6-8/h2-5,8,11H,6-7H2,1H3,(H,14,15);2-6H,7H2,1H3. The number of aliphatic carboxylic acids is 1. The van der Waals surface area contributed by atoms with Crippen LogP contribution in [0.1, 0.15) is 30.0 Å². The molecule has 2 aromatic rings. The Labute approximate surface area is 143 Å². The van der Waals surface area contributed by atoms with Gasteiger partial charge in [0.2, 0.25) is 0 Å². The molecule has 3 nitrogen and oxygen atoms in total. The fourth-order valence-corrected chi connectivity index (χ4v) is 4.27. The van der Waals surface area contributed by atoms with E-state index in [-0.39, 0.29) is 11.3 Å². The first kappa shape index (κ1) is 16.7. The highest BCUT2D eigenvalue weighted by atomic mass is 16.5. The lowest BCUT2D eigenvalue weighted by atomic mass is 9.94. The van der Waals surface area contributed by atoms with Gasteiger partial charge in [-0.25, -0.2) is 0 Å². The molecule has 126 valence electrons. The van der Waals surface area contributed by atoms with E-state index in [4.69, 9.17) is 4.74 Å². The van der Waals surface area contributed by atoms with Crippen molar-refractivity contribution < 1.29 is 14.6 Å². The van der Waals surface area contributed by atoms with Crippen LogP contribution in [-0.4, -0.2) is 18.2 Å². The summed E-state index contributed by atoms with van der Waals surface area (Å²) in [4.78, 5) is 11.1. The van der Waals surface area contributed by atoms with Crippen LogP contribution in [0.3, 0.4) is 0 Å². The zero-order chi connectivity index (χ0) is 17.2. The van der Waals surface area contributed by atoms with Crippen LogP contribution in [-0.2, 0) is 28.0 Å². The van der Waals surface area contributed by atoms with Gasteiger partial charge in [-0.2, -0.15) is 0 Å². The summed E-state index contributed by atoms with van der Waals surface area (Å²) in [7, 11) is 1.70. The molecular weight excluding hydrogens is 300 g/mol. The molecule has 1 fully saturated rings. The van der Waals surface area contributed by atoms with Gasteiger partial charge in [-0.1, -0.05) is 61.5 Å². The Morgan fingerprint density at radius 2 is 1.83 bits per heavy atom. The molecule has 0 amide bonds. The number of carbonyl (C=O) groups is 1. The molecule has 24 heavy (non-hydrogen) atoms.